The molecule has 2 aromatic carbocycles. The number of anilines is 1. The van der Waals surface area contributed by atoms with Gasteiger partial charge in [-0.3, -0.25) is 14.9 Å². The summed E-state index contributed by atoms with van der Waals surface area (Å²) in [6.07, 6.45) is 1.83. The van der Waals surface area contributed by atoms with E-state index in [0.717, 1.165) is 11.1 Å². The van der Waals surface area contributed by atoms with Gasteiger partial charge in [-0.05, 0) is 17.2 Å². The topological polar surface area (TPSA) is 81.2 Å². The van der Waals surface area contributed by atoms with Gasteiger partial charge in [0.15, 0.2) is 4.34 Å². The molecule has 0 unspecified atom stereocenters. The Morgan fingerprint density at radius 1 is 1.07 bits per heavy atom. The quantitative estimate of drug-likeness (QED) is 0.208. The number of aromatic nitrogens is 2. The summed E-state index contributed by atoms with van der Waals surface area (Å²) in [7, 11) is 1.33. The molecule has 142 valence electrons. The molecule has 0 spiro atoms. The van der Waals surface area contributed by atoms with Crippen LogP contribution in [0, 0.1) is 0 Å². The molecule has 0 saturated heterocycles. The van der Waals surface area contributed by atoms with Crippen LogP contribution in [0.15, 0.2) is 65.0 Å². The zero-order chi connectivity index (χ0) is 19.8. The van der Waals surface area contributed by atoms with Crippen molar-refractivity contribution in [2.24, 2.45) is 0 Å². The van der Waals surface area contributed by atoms with Crippen molar-refractivity contribution in [1.82, 2.24) is 10.2 Å². The number of nitrogens with one attached hydrogen (secondary N) is 1. The summed E-state index contributed by atoms with van der Waals surface area (Å²) in [5, 5.41) is 11.1. The van der Waals surface area contributed by atoms with Gasteiger partial charge in [0.1, 0.15) is 0 Å². The maximum absolute atomic E-state index is 12.9. The predicted octanol–water partition coefficient (Wildman–Crippen LogP) is 3.98. The number of benzene rings is 2. The third-order valence-electron chi connectivity index (χ3n) is 3.61. The Labute approximate surface area is 170 Å². The fraction of sp³-hybridized carbons (Fsp3) is 0.100. The lowest BCUT2D eigenvalue weighted by Crippen LogP contribution is -2.13. The van der Waals surface area contributed by atoms with Crippen LogP contribution in [-0.4, -0.2) is 34.9 Å². The van der Waals surface area contributed by atoms with Crippen molar-refractivity contribution >= 4 is 51.8 Å². The number of hydrogen-bond acceptors (Lipinski definition) is 7. The van der Waals surface area contributed by atoms with Crippen LogP contribution >= 0.6 is 23.1 Å². The summed E-state index contributed by atoms with van der Waals surface area (Å²) in [4.78, 5) is 24.1. The number of esters is 1. The minimum Gasteiger partial charge on any atom is -0.468 e. The molecule has 1 aromatic heterocycles. The number of hydrogen-bond donors (Lipinski definition) is 1. The SMILES string of the molecule is COC(=O)CSc1nnc(NC(=O)/C(=C/c2ccccc2)c2ccccc2)s1. The van der Waals surface area contributed by atoms with Gasteiger partial charge in [-0.15, -0.1) is 10.2 Å². The van der Waals surface area contributed by atoms with Crippen molar-refractivity contribution < 1.29 is 14.3 Å². The first-order valence-corrected chi connectivity index (χ1v) is 10.1. The van der Waals surface area contributed by atoms with Gasteiger partial charge < -0.3 is 4.74 Å². The van der Waals surface area contributed by atoms with Crippen molar-refractivity contribution in [2.45, 2.75) is 4.34 Å². The molecule has 3 aromatic rings. The second-order valence-corrected chi connectivity index (χ2v) is 7.73. The summed E-state index contributed by atoms with van der Waals surface area (Å²) in [5.74, 6) is -0.485. The summed E-state index contributed by atoms with van der Waals surface area (Å²) >= 11 is 2.42. The highest BCUT2D eigenvalue weighted by atomic mass is 32.2. The van der Waals surface area contributed by atoms with E-state index in [-0.39, 0.29) is 17.6 Å². The number of carbonyl (C=O) groups excluding carboxylic acids is 2. The van der Waals surface area contributed by atoms with Crippen LogP contribution in [0.25, 0.3) is 11.6 Å². The predicted molar refractivity (Wildman–Crippen MR) is 112 cm³/mol. The highest BCUT2D eigenvalue weighted by Gasteiger charge is 2.15. The van der Waals surface area contributed by atoms with Gasteiger partial charge in [0, 0.05) is 5.57 Å². The average molecular weight is 412 g/mol. The lowest BCUT2D eigenvalue weighted by molar-refractivity contribution is -0.137. The van der Waals surface area contributed by atoms with Crippen LogP contribution in [-0.2, 0) is 14.3 Å². The molecule has 0 aliphatic heterocycles. The van der Waals surface area contributed by atoms with E-state index in [1.165, 1.54) is 30.2 Å². The van der Waals surface area contributed by atoms with Crippen LogP contribution in [0.3, 0.4) is 0 Å². The normalized spacial score (nSPS) is 11.1. The highest BCUT2D eigenvalue weighted by molar-refractivity contribution is 8.01. The molecule has 0 atom stereocenters. The molecule has 1 amide bonds. The van der Waals surface area contributed by atoms with Crippen molar-refractivity contribution in [3.63, 3.8) is 0 Å². The van der Waals surface area contributed by atoms with Crippen LogP contribution in [0.1, 0.15) is 11.1 Å². The van der Waals surface area contributed by atoms with E-state index in [1.54, 1.807) is 0 Å². The first-order valence-electron chi connectivity index (χ1n) is 8.32. The summed E-state index contributed by atoms with van der Waals surface area (Å²) in [5.41, 5.74) is 2.24. The molecule has 0 saturated carbocycles. The van der Waals surface area contributed by atoms with Crippen molar-refractivity contribution in [1.29, 1.82) is 0 Å². The Morgan fingerprint density at radius 2 is 1.75 bits per heavy atom. The molecular formula is C20H17N3O3S2. The van der Waals surface area contributed by atoms with E-state index >= 15 is 0 Å². The largest absolute Gasteiger partial charge is 0.468 e. The van der Waals surface area contributed by atoms with Gasteiger partial charge in [0.25, 0.3) is 5.91 Å². The number of amides is 1. The lowest BCUT2D eigenvalue weighted by atomic mass is 10.0. The Kier molecular flexibility index (Phi) is 6.94. The first kappa shape index (κ1) is 19.8. The molecule has 1 heterocycles. The second-order valence-electron chi connectivity index (χ2n) is 5.53. The molecule has 0 aliphatic carbocycles. The third kappa shape index (κ3) is 5.51. The van der Waals surface area contributed by atoms with E-state index in [2.05, 4.69) is 20.3 Å². The molecule has 8 heteroatoms. The molecule has 6 nitrogen and oxygen atoms in total. The van der Waals surface area contributed by atoms with E-state index in [9.17, 15) is 9.59 Å². The second kappa shape index (κ2) is 9.82. The van der Waals surface area contributed by atoms with Crippen LogP contribution < -0.4 is 5.32 Å². The Morgan fingerprint density at radius 3 is 2.43 bits per heavy atom. The molecule has 0 aliphatic rings. The number of ether oxygens (including phenoxy) is 1. The van der Waals surface area contributed by atoms with Gasteiger partial charge in [0.2, 0.25) is 5.13 Å². The van der Waals surface area contributed by atoms with E-state index in [4.69, 9.17) is 0 Å². The summed E-state index contributed by atoms with van der Waals surface area (Å²) < 4.78 is 5.18. The molecule has 0 radical (unpaired) electrons. The monoisotopic (exact) mass is 411 g/mol. The molecule has 1 N–H and O–H groups in total. The van der Waals surface area contributed by atoms with Crippen LogP contribution in [0.2, 0.25) is 0 Å². The van der Waals surface area contributed by atoms with Crippen molar-refractivity contribution in [3.05, 3.63) is 71.8 Å². The van der Waals surface area contributed by atoms with Gasteiger partial charge in [-0.1, -0.05) is 83.8 Å². The number of rotatable bonds is 7. The Hall–Kier alpha value is -2.97. The van der Waals surface area contributed by atoms with E-state index in [1.807, 2.05) is 66.7 Å². The van der Waals surface area contributed by atoms with Crippen molar-refractivity contribution in [3.8, 4) is 0 Å². The summed E-state index contributed by atoms with van der Waals surface area (Å²) in [6, 6.07) is 19.1. The molecular weight excluding hydrogens is 394 g/mol. The van der Waals surface area contributed by atoms with Crippen LogP contribution in [0.4, 0.5) is 5.13 Å². The fourth-order valence-corrected chi connectivity index (χ4v) is 3.86. The minimum absolute atomic E-state index is 0.141. The number of thioether (sulfide) groups is 1. The standard InChI is InChI=1S/C20H17N3O3S2/c1-26-17(24)13-27-20-23-22-19(28-20)21-18(25)16(15-10-6-3-7-11-15)12-14-8-4-2-5-9-14/h2-12H,13H2,1H3,(H,21,22,25)/b16-12+. The maximum atomic E-state index is 12.9. The van der Waals surface area contributed by atoms with Crippen molar-refractivity contribution in [2.75, 3.05) is 18.2 Å². The lowest BCUT2D eigenvalue weighted by Gasteiger charge is -2.07. The summed E-state index contributed by atoms with van der Waals surface area (Å²) in [6.45, 7) is 0. The van der Waals surface area contributed by atoms with E-state index < -0.39 is 0 Å². The number of nitrogens with zero attached hydrogens (tertiary/aromatic N) is 2. The first-order chi connectivity index (χ1) is 13.7. The smallest absolute Gasteiger partial charge is 0.316 e. The van der Waals surface area contributed by atoms with Gasteiger partial charge in [-0.2, -0.15) is 0 Å². The maximum Gasteiger partial charge on any atom is 0.316 e. The van der Waals surface area contributed by atoms with E-state index in [0.29, 0.717) is 15.0 Å². The minimum atomic E-state index is -0.344. The third-order valence-corrected chi connectivity index (χ3v) is 5.55. The van der Waals surface area contributed by atoms with Gasteiger partial charge in [0.05, 0.1) is 12.9 Å². The average Bonchev–Trinajstić information content (AvgIpc) is 3.18. The fourth-order valence-electron chi connectivity index (χ4n) is 2.28. The number of methoxy groups -OCH3 is 1. The van der Waals surface area contributed by atoms with Crippen LogP contribution in [0.5, 0.6) is 0 Å². The Balaban J connectivity index is 1.78. The molecule has 3 rings (SSSR count). The Bertz CT molecular complexity index is 973. The zero-order valence-corrected chi connectivity index (χ0v) is 16.6. The highest BCUT2D eigenvalue weighted by Crippen LogP contribution is 2.27. The molecule has 0 fully saturated rings. The molecule has 0 bridgehead atoms. The number of carbonyl (C=O) groups is 2. The van der Waals surface area contributed by atoms with Gasteiger partial charge >= 0.3 is 5.97 Å². The molecule has 28 heavy (non-hydrogen) atoms. The zero-order valence-electron chi connectivity index (χ0n) is 15.0. The van der Waals surface area contributed by atoms with Gasteiger partial charge in [-0.25, -0.2) is 0 Å².